The average Bonchev–Trinajstić information content (AvgIpc) is 3.24. The maximum absolute atomic E-state index is 12.5. The van der Waals surface area contributed by atoms with Crippen molar-refractivity contribution in [3.8, 4) is 0 Å². The highest BCUT2D eigenvalue weighted by atomic mass is 16.6. The van der Waals surface area contributed by atoms with E-state index < -0.39 is 36.7 Å². The lowest BCUT2D eigenvalue weighted by atomic mass is 10.1. The molecule has 1 amide bonds. The van der Waals surface area contributed by atoms with Crippen LogP contribution in [0.1, 0.15) is 39.5 Å². The highest BCUT2D eigenvalue weighted by molar-refractivity contribution is 5.90. The van der Waals surface area contributed by atoms with Gasteiger partial charge in [-0.15, -0.1) is 0 Å². The van der Waals surface area contributed by atoms with E-state index in [9.17, 15) is 19.8 Å². The van der Waals surface area contributed by atoms with Gasteiger partial charge in [0.15, 0.2) is 18.2 Å². The van der Waals surface area contributed by atoms with E-state index in [0.29, 0.717) is 25.0 Å². The van der Waals surface area contributed by atoms with Crippen molar-refractivity contribution in [2.45, 2.75) is 70.2 Å². The van der Waals surface area contributed by atoms with Gasteiger partial charge in [0.25, 0.3) is 0 Å². The fourth-order valence-corrected chi connectivity index (χ4v) is 3.44. The minimum absolute atomic E-state index is 0.160. The molecule has 3 aliphatic rings. The molecular weight excluding hydrogens is 382 g/mol. The first kappa shape index (κ1) is 21.2. The van der Waals surface area contributed by atoms with Crippen molar-refractivity contribution >= 4 is 24.6 Å². The van der Waals surface area contributed by atoms with Gasteiger partial charge in [-0.2, -0.15) is 0 Å². The maximum atomic E-state index is 12.5. The number of aliphatic hydroxyl groups excluding tert-OH is 2. The van der Waals surface area contributed by atoms with Crippen LogP contribution in [0.2, 0.25) is 0 Å². The SMILES string of the molecule is CCCC(=O)OC[C@H]1O[C@@H](N2C=NC3=C(N)N=CN(C(=O)CCC)C32)[C@H](O)[C@@H]1O. The minimum Gasteiger partial charge on any atom is -0.463 e. The summed E-state index contributed by atoms with van der Waals surface area (Å²) in [7, 11) is 0. The lowest BCUT2D eigenvalue weighted by molar-refractivity contribution is -0.152. The van der Waals surface area contributed by atoms with Crippen molar-refractivity contribution in [1.82, 2.24) is 9.80 Å². The first-order valence-electron chi connectivity index (χ1n) is 9.72. The summed E-state index contributed by atoms with van der Waals surface area (Å²) in [6.07, 6.45) is -0.641. The minimum atomic E-state index is -1.31. The van der Waals surface area contributed by atoms with Gasteiger partial charge in [-0.1, -0.05) is 13.8 Å². The van der Waals surface area contributed by atoms with Gasteiger partial charge >= 0.3 is 5.97 Å². The number of amides is 1. The van der Waals surface area contributed by atoms with Gasteiger partial charge in [-0.05, 0) is 12.8 Å². The molecule has 0 aromatic heterocycles. The fourth-order valence-electron chi connectivity index (χ4n) is 3.44. The summed E-state index contributed by atoms with van der Waals surface area (Å²) in [5.74, 6) is -0.422. The molecule has 3 heterocycles. The molecule has 0 aromatic carbocycles. The molecule has 4 N–H and O–H groups in total. The molecule has 11 nitrogen and oxygen atoms in total. The number of rotatable bonds is 7. The molecule has 160 valence electrons. The van der Waals surface area contributed by atoms with Crippen LogP contribution >= 0.6 is 0 Å². The van der Waals surface area contributed by atoms with Crippen LogP contribution in [0.4, 0.5) is 0 Å². The Morgan fingerprint density at radius 2 is 1.90 bits per heavy atom. The van der Waals surface area contributed by atoms with Crippen molar-refractivity contribution in [3.63, 3.8) is 0 Å². The second-order valence-electron chi connectivity index (χ2n) is 7.11. The van der Waals surface area contributed by atoms with Gasteiger partial charge in [-0.25, -0.2) is 9.98 Å². The molecule has 11 heteroatoms. The number of hydrogen-bond donors (Lipinski definition) is 3. The number of ether oxygens (including phenoxy) is 2. The average molecular weight is 409 g/mol. The first-order chi connectivity index (χ1) is 13.9. The number of hydrogen-bond acceptors (Lipinski definition) is 10. The number of aliphatic hydroxyl groups is 2. The smallest absolute Gasteiger partial charge is 0.305 e. The molecule has 0 radical (unpaired) electrons. The van der Waals surface area contributed by atoms with E-state index in [4.69, 9.17) is 15.2 Å². The number of carbonyl (C=O) groups excluding carboxylic acids is 2. The Labute approximate surface area is 168 Å². The first-order valence-corrected chi connectivity index (χ1v) is 9.72. The van der Waals surface area contributed by atoms with Crippen LogP contribution < -0.4 is 5.73 Å². The number of esters is 1. The van der Waals surface area contributed by atoms with Gasteiger partial charge in [-0.3, -0.25) is 14.5 Å². The van der Waals surface area contributed by atoms with Gasteiger partial charge in [0.1, 0.15) is 37.0 Å². The Hall–Kier alpha value is -2.50. The van der Waals surface area contributed by atoms with Crippen LogP contribution in [0.3, 0.4) is 0 Å². The summed E-state index contributed by atoms with van der Waals surface area (Å²) in [4.78, 5) is 35.3. The Bertz CT molecular complexity index is 738. The number of nitrogens with two attached hydrogens (primary N) is 1. The summed E-state index contributed by atoms with van der Waals surface area (Å²) in [6.45, 7) is 3.55. The van der Waals surface area contributed by atoms with Crippen molar-refractivity contribution in [2.24, 2.45) is 15.7 Å². The molecule has 0 aliphatic carbocycles. The summed E-state index contributed by atoms with van der Waals surface area (Å²) in [5.41, 5.74) is 6.27. The lowest BCUT2D eigenvalue weighted by Crippen LogP contribution is -2.56. The van der Waals surface area contributed by atoms with E-state index in [-0.39, 0.29) is 24.8 Å². The third kappa shape index (κ3) is 4.11. The predicted molar refractivity (Wildman–Crippen MR) is 102 cm³/mol. The molecular formula is C18H27N5O6. The predicted octanol–water partition coefficient (Wildman–Crippen LogP) is -0.755. The molecule has 0 saturated carbocycles. The zero-order chi connectivity index (χ0) is 21.1. The topological polar surface area (TPSA) is 150 Å². The normalized spacial score (nSPS) is 30.8. The lowest BCUT2D eigenvalue weighted by Gasteiger charge is -2.38. The van der Waals surface area contributed by atoms with Gasteiger partial charge in [0.2, 0.25) is 5.91 Å². The summed E-state index contributed by atoms with van der Waals surface area (Å²) < 4.78 is 10.9. The molecule has 3 aliphatic heterocycles. The van der Waals surface area contributed by atoms with Crippen LogP contribution in [0.25, 0.3) is 0 Å². The highest BCUT2D eigenvalue weighted by Gasteiger charge is 2.50. The summed E-state index contributed by atoms with van der Waals surface area (Å²) in [5, 5.41) is 20.9. The Morgan fingerprint density at radius 3 is 2.59 bits per heavy atom. The molecule has 0 spiro atoms. The second-order valence-corrected chi connectivity index (χ2v) is 7.11. The van der Waals surface area contributed by atoms with Crippen LogP contribution in [-0.4, -0.2) is 81.9 Å². The third-order valence-corrected chi connectivity index (χ3v) is 4.95. The van der Waals surface area contributed by atoms with E-state index in [0.717, 1.165) is 0 Å². The Balaban J connectivity index is 1.75. The van der Waals surface area contributed by atoms with Crippen molar-refractivity contribution < 1.29 is 29.3 Å². The van der Waals surface area contributed by atoms with Gasteiger partial charge in [0, 0.05) is 12.8 Å². The molecule has 0 bridgehead atoms. The molecule has 1 saturated heterocycles. The second kappa shape index (κ2) is 8.89. The van der Waals surface area contributed by atoms with Crippen molar-refractivity contribution in [3.05, 3.63) is 11.5 Å². The van der Waals surface area contributed by atoms with E-state index in [1.165, 1.54) is 22.5 Å². The maximum Gasteiger partial charge on any atom is 0.305 e. The number of aliphatic imine (C=N–C) groups is 2. The number of fused-ring (bicyclic) bond motifs is 1. The quantitative estimate of drug-likeness (QED) is 0.465. The molecule has 1 unspecified atom stereocenters. The number of nitrogens with zero attached hydrogens (tertiary/aromatic N) is 4. The van der Waals surface area contributed by atoms with E-state index in [2.05, 4.69) is 9.98 Å². The van der Waals surface area contributed by atoms with Crippen LogP contribution in [-0.2, 0) is 19.1 Å². The van der Waals surface area contributed by atoms with Gasteiger partial charge < -0.3 is 30.3 Å². The molecule has 3 rings (SSSR count). The summed E-state index contributed by atoms with van der Waals surface area (Å²) >= 11 is 0. The van der Waals surface area contributed by atoms with E-state index in [1.807, 2.05) is 13.8 Å². The van der Waals surface area contributed by atoms with Crippen LogP contribution in [0.5, 0.6) is 0 Å². The van der Waals surface area contributed by atoms with E-state index in [1.54, 1.807) is 0 Å². The summed E-state index contributed by atoms with van der Waals surface area (Å²) in [6, 6.07) is 0. The van der Waals surface area contributed by atoms with Gasteiger partial charge in [0.05, 0.1) is 6.34 Å². The monoisotopic (exact) mass is 409 g/mol. The zero-order valence-electron chi connectivity index (χ0n) is 16.5. The number of carbonyl (C=O) groups is 2. The Kier molecular flexibility index (Phi) is 6.50. The Morgan fingerprint density at radius 1 is 1.17 bits per heavy atom. The van der Waals surface area contributed by atoms with Crippen molar-refractivity contribution in [2.75, 3.05) is 6.61 Å². The zero-order valence-corrected chi connectivity index (χ0v) is 16.5. The van der Waals surface area contributed by atoms with Crippen LogP contribution in [0, 0.1) is 0 Å². The molecule has 1 fully saturated rings. The largest absolute Gasteiger partial charge is 0.463 e. The molecule has 29 heavy (non-hydrogen) atoms. The standard InChI is InChI=1S/C18H27N5O6/c1-3-5-11(24)22-9-21-16(19)13-17(22)23(8-20-13)18-15(27)14(26)10(29-18)7-28-12(25)6-4-2/h8-10,14-15,17-18,26-27H,3-7,19H2,1-2H3/t10-,14-,15-,17?,18-/m1/s1. The molecule has 0 aromatic rings. The van der Waals surface area contributed by atoms with Crippen LogP contribution in [0.15, 0.2) is 21.5 Å². The fraction of sp³-hybridized carbons (Fsp3) is 0.667. The highest BCUT2D eigenvalue weighted by Crippen LogP contribution is 2.33. The third-order valence-electron chi connectivity index (χ3n) is 4.95. The van der Waals surface area contributed by atoms with Crippen molar-refractivity contribution in [1.29, 1.82) is 0 Å². The molecule has 5 atom stereocenters. The van der Waals surface area contributed by atoms with E-state index >= 15 is 0 Å².